The summed E-state index contributed by atoms with van der Waals surface area (Å²) in [6.45, 7) is 2.16. The lowest BCUT2D eigenvalue weighted by molar-refractivity contribution is 0.0978. The van der Waals surface area contributed by atoms with Crippen LogP contribution in [-0.2, 0) is 0 Å². The van der Waals surface area contributed by atoms with E-state index in [0.29, 0.717) is 22.1 Å². The summed E-state index contributed by atoms with van der Waals surface area (Å²) >= 11 is 1.32. The van der Waals surface area contributed by atoms with Crippen LogP contribution in [-0.4, -0.2) is 17.6 Å². The Kier molecular flexibility index (Phi) is 4.15. The quantitative estimate of drug-likeness (QED) is 0.646. The lowest BCUT2D eigenvalue weighted by Gasteiger charge is -2.06. The molecule has 1 aromatic heterocycles. The number of carbonyl (C=O) groups excluding carboxylic acids is 1. The van der Waals surface area contributed by atoms with Crippen LogP contribution in [0.25, 0.3) is 11.3 Å². The first-order chi connectivity index (χ1) is 12.7. The van der Waals surface area contributed by atoms with E-state index in [9.17, 15) is 10.1 Å². The molecule has 1 atom stereocenters. The largest absolute Gasteiger partial charge is 0.454 e. The summed E-state index contributed by atoms with van der Waals surface area (Å²) in [5.74, 6) is -0.117. The van der Waals surface area contributed by atoms with E-state index in [2.05, 4.69) is 11.1 Å². The fourth-order valence-corrected chi connectivity index (χ4v) is 3.59. The van der Waals surface area contributed by atoms with E-state index in [4.69, 9.17) is 9.47 Å². The summed E-state index contributed by atoms with van der Waals surface area (Å²) in [6.07, 6.45) is 0. The highest BCUT2D eigenvalue weighted by molar-refractivity contribution is 7.10. The van der Waals surface area contributed by atoms with E-state index in [1.54, 1.807) is 18.2 Å². The molecule has 6 heteroatoms. The van der Waals surface area contributed by atoms with Gasteiger partial charge in [-0.05, 0) is 25.1 Å². The minimum absolute atomic E-state index is 0.140. The molecule has 5 nitrogen and oxygen atoms in total. The van der Waals surface area contributed by atoms with E-state index in [0.717, 1.165) is 16.8 Å². The van der Waals surface area contributed by atoms with Crippen LogP contribution < -0.4 is 9.47 Å². The summed E-state index contributed by atoms with van der Waals surface area (Å²) in [7, 11) is 0. The van der Waals surface area contributed by atoms with Crippen molar-refractivity contribution in [3.05, 3.63) is 64.0 Å². The summed E-state index contributed by atoms with van der Waals surface area (Å²) in [5, 5.41) is 11.9. The van der Waals surface area contributed by atoms with Crippen molar-refractivity contribution < 1.29 is 14.3 Å². The number of carbonyl (C=O) groups is 1. The third-order valence-corrected chi connectivity index (χ3v) is 5.07. The molecular weight excluding hydrogens is 348 g/mol. The number of aromatic nitrogens is 1. The molecule has 0 radical (unpaired) electrons. The molecular formula is C20H14N2O3S. The first-order valence-corrected chi connectivity index (χ1v) is 8.89. The van der Waals surface area contributed by atoms with E-state index < -0.39 is 5.92 Å². The second kappa shape index (κ2) is 6.62. The van der Waals surface area contributed by atoms with Crippen molar-refractivity contribution in [2.75, 3.05) is 6.79 Å². The minimum atomic E-state index is -0.945. The van der Waals surface area contributed by atoms with Gasteiger partial charge in [0.2, 0.25) is 6.79 Å². The van der Waals surface area contributed by atoms with Gasteiger partial charge in [-0.2, -0.15) is 5.26 Å². The Balaban J connectivity index is 1.62. The number of Topliss-reactive ketones (excluding diaryl/α,β-unsaturated/α-hetero) is 1. The van der Waals surface area contributed by atoms with Crippen molar-refractivity contribution in [1.82, 2.24) is 4.98 Å². The highest BCUT2D eigenvalue weighted by Crippen LogP contribution is 2.35. The number of hydrogen-bond acceptors (Lipinski definition) is 6. The topological polar surface area (TPSA) is 72.2 Å². The predicted octanol–water partition coefficient (Wildman–Crippen LogP) is 4.34. The van der Waals surface area contributed by atoms with Gasteiger partial charge in [0.15, 0.2) is 23.2 Å². The van der Waals surface area contributed by atoms with E-state index in [1.165, 1.54) is 11.3 Å². The zero-order chi connectivity index (χ0) is 18.1. The van der Waals surface area contributed by atoms with Gasteiger partial charge in [0.25, 0.3) is 0 Å². The van der Waals surface area contributed by atoms with Crippen LogP contribution in [0.2, 0.25) is 0 Å². The highest BCUT2D eigenvalue weighted by atomic mass is 32.1. The highest BCUT2D eigenvalue weighted by Gasteiger charge is 2.27. The van der Waals surface area contributed by atoms with Crippen LogP contribution in [0.3, 0.4) is 0 Å². The zero-order valence-corrected chi connectivity index (χ0v) is 14.7. The van der Waals surface area contributed by atoms with Crippen molar-refractivity contribution in [3.63, 3.8) is 0 Å². The zero-order valence-electron chi connectivity index (χ0n) is 13.9. The molecule has 1 aliphatic heterocycles. The van der Waals surface area contributed by atoms with Gasteiger partial charge in [0.05, 0.1) is 11.8 Å². The van der Waals surface area contributed by atoms with Gasteiger partial charge in [0.1, 0.15) is 5.01 Å². The second-order valence-corrected chi connectivity index (χ2v) is 6.82. The average molecular weight is 362 g/mol. The Bertz CT molecular complexity index is 1020. The monoisotopic (exact) mass is 362 g/mol. The Labute approximate surface area is 154 Å². The van der Waals surface area contributed by atoms with Crippen molar-refractivity contribution in [3.8, 4) is 28.8 Å². The SMILES string of the molecule is Cc1ccc(-c2csc([C@H](C#N)C(=O)c3ccc4c(c3)OCO4)n2)cc1. The number of nitriles is 1. The molecule has 0 bridgehead atoms. The Morgan fingerprint density at radius 2 is 1.96 bits per heavy atom. The third-order valence-electron chi connectivity index (χ3n) is 4.16. The standard InChI is InChI=1S/C20H14N2O3S/c1-12-2-4-13(5-3-12)16-10-26-20(22-16)15(9-21)19(23)14-6-7-17-18(8-14)25-11-24-17/h2-8,10,15H,11H2,1H3/t15-/m1/s1. The number of hydrogen-bond donors (Lipinski definition) is 0. The summed E-state index contributed by atoms with van der Waals surface area (Å²) in [4.78, 5) is 17.3. The van der Waals surface area contributed by atoms with Crippen LogP contribution in [0, 0.1) is 18.3 Å². The molecule has 128 valence electrons. The van der Waals surface area contributed by atoms with Crippen LogP contribution in [0.15, 0.2) is 47.8 Å². The molecule has 0 unspecified atom stereocenters. The van der Waals surface area contributed by atoms with Gasteiger partial charge in [-0.3, -0.25) is 4.79 Å². The number of ether oxygens (including phenoxy) is 2. The molecule has 0 amide bonds. The molecule has 0 saturated carbocycles. The van der Waals surface area contributed by atoms with E-state index in [-0.39, 0.29) is 12.6 Å². The maximum absolute atomic E-state index is 12.8. The first-order valence-electron chi connectivity index (χ1n) is 8.01. The molecule has 3 aromatic rings. The lowest BCUT2D eigenvalue weighted by atomic mass is 9.99. The molecule has 0 aliphatic carbocycles. The second-order valence-electron chi connectivity index (χ2n) is 5.93. The van der Waals surface area contributed by atoms with Crippen molar-refractivity contribution in [2.45, 2.75) is 12.8 Å². The molecule has 4 rings (SSSR count). The fraction of sp³-hybridized carbons (Fsp3) is 0.150. The Hall–Kier alpha value is -3.17. The van der Waals surface area contributed by atoms with Gasteiger partial charge in [0, 0.05) is 16.5 Å². The summed E-state index contributed by atoms with van der Waals surface area (Å²) in [6, 6.07) is 15.0. The number of benzene rings is 2. The van der Waals surface area contributed by atoms with Gasteiger partial charge in [-0.25, -0.2) is 4.98 Å². The number of thiazole rings is 1. The van der Waals surface area contributed by atoms with Crippen molar-refractivity contribution in [1.29, 1.82) is 5.26 Å². The minimum Gasteiger partial charge on any atom is -0.454 e. The smallest absolute Gasteiger partial charge is 0.231 e. The lowest BCUT2D eigenvalue weighted by Crippen LogP contribution is -2.11. The normalized spacial score (nSPS) is 13.2. The number of nitrogens with zero attached hydrogens (tertiary/aromatic N) is 2. The summed E-state index contributed by atoms with van der Waals surface area (Å²) in [5.41, 5.74) is 3.30. The van der Waals surface area contributed by atoms with Crippen LogP contribution in [0.4, 0.5) is 0 Å². The molecule has 1 aliphatic rings. The van der Waals surface area contributed by atoms with Crippen molar-refractivity contribution in [2.24, 2.45) is 0 Å². The van der Waals surface area contributed by atoms with E-state index in [1.807, 2.05) is 36.6 Å². The molecule has 0 spiro atoms. The average Bonchev–Trinajstić information content (AvgIpc) is 3.31. The molecule has 26 heavy (non-hydrogen) atoms. The van der Waals surface area contributed by atoms with Gasteiger partial charge >= 0.3 is 0 Å². The molecule has 0 N–H and O–H groups in total. The Morgan fingerprint density at radius 3 is 2.73 bits per heavy atom. The fourth-order valence-electron chi connectivity index (χ4n) is 2.72. The van der Waals surface area contributed by atoms with Crippen LogP contribution >= 0.6 is 11.3 Å². The maximum Gasteiger partial charge on any atom is 0.231 e. The Morgan fingerprint density at radius 1 is 1.19 bits per heavy atom. The molecule has 2 aromatic carbocycles. The number of rotatable bonds is 4. The molecule has 0 fully saturated rings. The van der Waals surface area contributed by atoms with Gasteiger partial charge in [-0.1, -0.05) is 29.8 Å². The summed E-state index contributed by atoms with van der Waals surface area (Å²) < 4.78 is 10.6. The van der Waals surface area contributed by atoms with E-state index >= 15 is 0 Å². The third kappa shape index (κ3) is 2.93. The molecule has 0 saturated heterocycles. The molecule has 2 heterocycles. The number of ketones is 1. The predicted molar refractivity (Wildman–Crippen MR) is 97.5 cm³/mol. The van der Waals surface area contributed by atoms with Crippen LogP contribution in [0.5, 0.6) is 11.5 Å². The van der Waals surface area contributed by atoms with Crippen molar-refractivity contribution >= 4 is 17.1 Å². The number of fused-ring (bicyclic) bond motifs is 1. The first kappa shape index (κ1) is 16.3. The maximum atomic E-state index is 12.8. The van der Waals surface area contributed by atoms with Crippen LogP contribution in [0.1, 0.15) is 26.8 Å². The van der Waals surface area contributed by atoms with Gasteiger partial charge in [-0.15, -0.1) is 11.3 Å². The van der Waals surface area contributed by atoms with Gasteiger partial charge < -0.3 is 9.47 Å². The number of aryl methyl sites for hydroxylation is 1.